The lowest BCUT2D eigenvalue weighted by molar-refractivity contribution is 0.102. The maximum absolute atomic E-state index is 12.8. The Morgan fingerprint density at radius 3 is 2.52 bits per heavy atom. The van der Waals surface area contributed by atoms with Crippen LogP contribution in [0.25, 0.3) is 0 Å². The van der Waals surface area contributed by atoms with Gasteiger partial charge >= 0.3 is 0 Å². The van der Waals surface area contributed by atoms with Crippen molar-refractivity contribution >= 4 is 23.2 Å². The normalized spacial score (nSPS) is 14.1. The van der Waals surface area contributed by atoms with Crippen LogP contribution < -0.4 is 10.1 Å². The number of nitrogens with zero attached hydrogens (tertiary/aromatic N) is 2. The molecule has 29 heavy (non-hydrogen) atoms. The number of halogens is 1. The number of aryl methyl sites for hydroxylation is 1. The fraction of sp³-hybridized carbons (Fsp3) is 0.304. The lowest BCUT2D eigenvalue weighted by Gasteiger charge is -2.13. The zero-order valence-corrected chi connectivity index (χ0v) is 17.2. The number of anilines is 1. The molecule has 4 rings (SSSR count). The summed E-state index contributed by atoms with van der Waals surface area (Å²) in [5, 5.41) is 7.69. The molecule has 0 unspecified atom stereocenters. The summed E-state index contributed by atoms with van der Waals surface area (Å²) >= 11 is 6.48. The molecule has 1 fully saturated rings. The number of carbonyl (C=O) groups is 1. The van der Waals surface area contributed by atoms with Gasteiger partial charge in [0.25, 0.3) is 5.91 Å². The van der Waals surface area contributed by atoms with E-state index in [-0.39, 0.29) is 5.91 Å². The molecule has 6 heteroatoms. The molecular weight excluding hydrogens is 386 g/mol. The molecule has 1 amide bonds. The van der Waals surface area contributed by atoms with E-state index in [4.69, 9.17) is 16.3 Å². The van der Waals surface area contributed by atoms with Gasteiger partial charge in [-0.15, -0.1) is 0 Å². The van der Waals surface area contributed by atoms with Crippen LogP contribution in [-0.4, -0.2) is 21.8 Å². The monoisotopic (exact) mass is 409 g/mol. The van der Waals surface area contributed by atoms with Crippen LogP contribution >= 0.6 is 11.6 Å². The van der Waals surface area contributed by atoms with E-state index in [0.717, 1.165) is 24.2 Å². The number of carbonyl (C=O) groups excluding carboxylic acids is 1. The van der Waals surface area contributed by atoms with Crippen LogP contribution in [0.5, 0.6) is 5.75 Å². The molecular formula is C23H24ClN3O2. The SMILES string of the molecule is Cc1nn(Cc2ccccc2)c(Cl)c1C(=O)Nc1ccc(OC2CCCC2)cc1. The first kappa shape index (κ1) is 19.5. The van der Waals surface area contributed by atoms with Crippen LogP contribution in [0.15, 0.2) is 54.6 Å². The molecule has 1 aliphatic rings. The number of hydrogen-bond acceptors (Lipinski definition) is 3. The molecule has 0 bridgehead atoms. The van der Waals surface area contributed by atoms with Crippen molar-refractivity contribution in [1.82, 2.24) is 9.78 Å². The van der Waals surface area contributed by atoms with Crippen LogP contribution in [0.2, 0.25) is 5.15 Å². The summed E-state index contributed by atoms with van der Waals surface area (Å²) in [6.45, 7) is 2.31. The van der Waals surface area contributed by atoms with Gasteiger partial charge in [-0.1, -0.05) is 41.9 Å². The fourth-order valence-electron chi connectivity index (χ4n) is 3.68. The zero-order valence-electron chi connectivity index (χ0n) is 16.4. The molecule has 0 atom stereocenters. The van der Waals surface area contributed by atoms with Gasteiger partial charge in [0.2, 0.25) is 0 Å². The van der Waals surface area contributed by atoms with Crippen molar-refractivity contribution in [2.75, 3.05) is 5.32 Å². The van der Waals surface area contributed by atoms with Gasteiger partial charge in [-0.3, -0.25) is 4.79 Å². The number of hydrogen-bond donors (Lipinski definition) is 1. The maximum Gasteiger partial charge on any atom is 0.260 e. The number of aromatic nitrogens is 2. The van der Waals surface area contributed by atoms with E-state index in [1.54, 1.807) is 11.6 Å². The molecule has 2 aromatic carbocycles. The molecule has 0 radical (unpaired) electrons. The molecule has 0 aliphatic heterocycles. The fourth-order valence-corrected chi connectivity index (χ4v) is 4.00. The molecule has 1 aliphatic carbocycles. The van der Waals surface area contributed by atoms with E-state index in [2.05, 4.69) is 10.4 Å². The van der Waals surface area contributed by atoms with Gasteiger partial charge in [-0.05, 0) is 62.4 Å². The van der Waals surface area contributed by atoms with Crippen LogP contribution in [0, 0.1) is 6.92 Å². The minimum Gasteiger partial charge on any atom is -0.490 e. The highest BCUT2D eigenvalue weighted by molar-refractivity contribution is 6.33. The first-order valence-corrected chi connectivity index (χ1v) is 10.3. The smallest absolute Gasteiger partial charge is 0.260 e. The minimum atomic E-state index is -0.267. The van der Waals surface area contributed by atoms with Crippen molar-refractivity contribution in [2.24, 2.45) is 0 Å². The Labute approximate surface area is 175 Å². The molecule has 0 saturated heterocycles. The standard InChI is InChI=1S/C23H24ClN3O2/c1-16-21(22(24)27(26-16)15-17-7-3-2-4-8-17)23(28)25-18-11-13-20(14-12-18)29-19-9-5-6-10-19/h2-4,7-8,11-14,19H,5-6,9-10,15H2,1H3,(H,25,28). The Kier molecular flexibility index (Phi) is 5.86. The lowest BCUT2D eigenvalue weighted by Crippen LogP contribution is -2.14. The van der Waals surface area contributed by atoms with Crippen LogP contribution in [0.1, 0.15) is 47.3 Å². The highest BCUT2D eigenvalue weighted by Gasteiger charge is 2.21. The number of nitrogens with one attached hydrogen (secondary N) is 1. The average Bonchev–Trinajstić information content (AvgIpc) is 3.32. The number of rotatable bonds is 6. The molecule has 1 heterocycles. The van der Waals surface area contributed by atoms with Crippen molar-refractivity contribution < 1.29 is 9.53 Å². The highest BCUT2D eigenvalue weighted by Crippen LogP contribution is 2.26. The molecule has 1 aromatic heterocycles. The van der Waals surface area contributed by atoms with Gasteiger partial charge in [-0.2, -0.15) is 5.10 Å². The van der Waals surface area contributed by atoms with Crippen molar-refractivity contribution in [1.29, 1.82) is 0 Å². The average molecular weight is 410 g/mol. The van der Waals surface area contributed by atoms with Gasteiger partial charge in [0, 0.05) is 5.69 Å². The Hall–Kier alpha value is -2.79. The first-order chi connectivity index (χ1) is 14.1. The van der Waals surface area contributed by atoms with Gasteiger partial charge in [0.1, 0.15) is 10.9 Å². The summed E-state index contributed by atoms with van der Waals surface area (Å²) in [5.41, 5.74) is 2.76. The van der Waals surface area contributed by atoms with Gasteiger partial charge in [0.05, 0.1) is 23.9 Å². The Bertz CT molecular complexity index is 977. The highest BCUT2D eigenvalue weighted by atomic mass is 35.5. The summed E-state index contributed by atoms with van der Waals surface area (Å²) in [5.74, 6) is 0.566. The van der Waals surface area contributed by atoms with Crippen LogP contribution in [0.3, 0.4) is 0 Å². The molecule has 5 nitrogen and oxygen atoms in total. The molecule has 1 saturated carbocycles. The second kappa shape index (κ2) is 8.70. The second-order valence-electron chi connectivity index (χ2n) is 7.40. The minimum absolute atomic E-state index is 0.267. The van der Waals surface area contributed by atoms with Crippen LogP contribution in [0.4, 0.5) is 5.69 Å². The number of ether oxygens (including phenoxy) is 1. The molecule has 150 valence electrons. The molecule has 0 spiro atoms. The second-order valence-corrected chi connectivity index (χ2v) is 7.76. The maximum atomic E-state index is 12.8. The van der Waals surface area contributed by atoms with E-state index in [9.17, 15) is 4.79 Å². The van der Waals surface area contributed by atoms with Gasteiger partial charge < -0.3 is 10.1 Å². The van der Waals surface area contributed by atoms with Crippen molar-refractivity contribution in [3.05, 3.63) is 76.6 Å². The number of amides is 1. The van der Waals surface area contributed by atoms with Crippen molar-refractivity contribution in [3.63, 3.8) is 0 Å². The van der Waals surface area contributed by atoms with E-state index in [1.165, 1.54) is 12.8 Å². The summed E-state index contributed by atoms with van der Waals surface area (Å²) in [7, 11) is 0. The van der Waals surface area contributed by atoms with Gasteiger partial charge in [0.15, 0.2) is 0 Å². The third-order valence-corrected chi connectivity index (χ3v) is 5.57. The zero-order chi connectivity index (χ0) is 20.2. The summed E-state index contributed by atoms with van der Waals surface area (Å²) in [6.07, 6.45) is 5.01. The topological polar surface area (TPSA) is 56.2 Å². The summed E-state index contributed by atoms with van der Waals surface area (Å²) in [4.78, 5) is 12.8. The van der Waals surface area contributed by atoms with Gasteiger partial charge in [-0.25, -0.2) is 4.68 Å². The largest absolute Gasteiger partial charge is 0.490 e. The van der Waals surface area contributed by atoms with E-state index in [1.807, 2.05) is 54.6 Å². The van der Waals surface area contributed by atoms with E-state index < -0.39 is 0 Å². The Morgan fingerprint density at radius 2 is 1.83 bits per heavy atom. The first-order valence-electron chi connectivity index (χ1n) is 9.95. The Morgan fingerprint density at radius 1 is 1.14 bits per heavy atom. The summed E-state index contributed by atoms with van der Waals surface area (Å²) in [6, 6.07) is 17.4. The predicted molar refractivity (Wildman–Crippen MR) is 115 cm³/mol. The molecule has 1 N–H and O–H groups in total. The summed E-state index contributed by atoms with van der Waals surface area (Å²) < 4.78 is 7.62. The van der Waals surface area contributed by atoms with Crippen molar-refractivity contribution in [3.8, 4) is 5.75 Å². The Balaban J connectivity index is 1.44. The van der Waals surface area contributed by atoms with E-state index in [0.29, 0.717) is 34.7 Å². The quantitative estimate of drug-likeness (QED) is 0.587. The van der Waals surface area contributed by atoms with Crippen molar-refractivity contribution in [2.45, 2.75) is 45.3 Å². The van der Waals surface area contributed by atoms with E-state index >= 15 is 0 Å². The third kappa shape index (κ3) is 4.62. The number of benzene rings is 2. The predicted octanol–water partition coefficient (Wildman–Crippen LogP) is 5.47. The lowest BCUT2D eigenvalue weighted by atomic mass is 10.2. The van der Waals surface area contributed by atoms with Crippen LogP contribution in [-0.2, 0) is 6.54 Å². The molecule has 3 aromatic rings. The third-order valence-electron chi connectivity index (χ3n) is 5.18.